The molecule has 0 heteroatoms. The molecule has 0 N–H and O–H groups in total. The highest BCUT2D eigenvalue weighted by molar-refractivity contribution is 5.41. The number of hydrogen-bond acceptors (Lipinski definition) is 0. The highest BCUT2D eigenvalue weighted by atomic mass is 14.6. The largest absolute Gasteiger partial charge is 0.0782 e. The van der Waals surface area contributed by atoms with Crippen molar-refractivity contribution in [3.05, 3.63) is 48.6 Å². The number of fused-ring (bicyclic) bond motifs is 1. The fourth-order valence-electron chi connectivity index (χ4n) is 3.33. The van der Waals surface area contributed by atoms with Gasteiger partial charge >= 0.3 is 0 Å². The lowest BCUT2D eigenvalue weighted by molar-refractivity contribution is 0.0957. The number of hydrogen-bond donors (Lipinski definition) is 0. The molecule has 18 heavy (non-hydrogen) atoms. The van der Waals surface area contributed by atoms with Crippen molar-refractivity contribution in [1.29, 1.82) is 0 Å². The summed E-state index contributed by atoms with van der Waals surface area (Å²) >= 11 is 0. The van der Waals surface area contributed by atoms with Crippen LogP contribution in [0.15, 0.2) is 48.6 Å². The molecule has 0 bridgehead atoms. The molecule has 3 aliphatic carbocycles. The van der Waals surface area contributed by atoms with Gasteiger partial charge in [-0.2, -0.15) is 0 Å². The van der Waals surface area contributed by atoms with Crippen molar-refractivity contribution in [2.75, 3.05) is 0 Å². The molecule has 0 radical (unpaired) electrons. The van der Waals surface area contributed by atoms with Crippen LogP contribution in [-0.2, 0) is 0 Å². The zero-order chi connectivity index (χ0) is 13.1. The molecule has 0 aromatic heterocycles. The summed E-state index contributed by atoms with van der Waals surface area (Å²) in [5.74, 6) is 0. The molecule has 2 spiro atoms. The Hall–Kier alpha value is -1.04. The minimum absolute atomic E-state index is 0.226. The molecule has 3 aliphatic rings. The monoisotopic (exact) mass is 240 g/mol. The molecule has 0 saturated heterocycles. The van der Waals surface area contributed by atoms with Gasteiger partial charge in [-0.15, -0.1) is 0 Å². The standard InChI is InChI=1S/C18H24/c1-15(2)5-9-17(10-6-15)13-14-18(17)11-7-16(3,4)8-12-18/h5-12H,13-14H2,1-4H3. The summed E-state index contributed by atoms with van der Waals surface area (Å²) in [6.45, 7) is 9.09. The van der Waals surface area contributed by atoms with E-state index in [1.807, 2.05) is 0 Å². The van der Waals surface area contributed by atoms with Crippen molar-refractivity contribution >= 4 is 0 Å². The van der Waals surface area contributed by atoms with E-state index in [1.165, 1.54) is 12.8 Å². The molecule has 0 heterocycles. The maximum absolute atomic E-state index is 2.46. The van der Waals surface area contributed by atoms with E-state index in [2.05, 4.69) is 76.3 Å². The van der Waals surface area contributed by atoms with Crippen LogP contribution in [0.5, 0.6) is 0 Å². The number of rotatable bonds is 0. The van der Waals surface area contributed by atoms with E-state index >= 15 is 0 Å². The molecule has 1 saturated carbocycles. The minimum atomic E-state index is 0.226. The van der Waals surface area contributed by atoms with Crippen molar-refractivity contribution in [2.45, 2.75) is 40.5 Å². The fourth-order valence-corrected chi connectivity index (χ4v) is 3.33. The van der Waals surface area contributed by atoms with Gasteiger partial charge in [-0.1, -0.05) is 76.3 Å². The summed E-state index contributed by atoms with van der Waals surface area (Å²) in [4.78, 5) is 0. The van der Waals surface area contributed by atoms with Crippen molar-refractivity contribution in [2.24, 2.45) is 21.7 Å². The van der Waals surface area contributed by atoms with E-state index in [1.54, 1.807) is 0 Å². The average Bonchev–Trinajstić information content (AvgIpc) is 2.28. The van der Waals surface area contributed by atoms with Gasteiger partial charge in [0.15, 0.2) is 0 Å². The Morgan fingerprint density at radius 3 is 1.00 bits per heavy atom. The van der Waals surface area contributed by atoms with Crippen LogP contribution in [-0.4, -0.2) is 0 Å². The zero-order valence-electron chi connectivity index (χ0n) is 12.0. The molecule has 0 aliphatic heterocycles. The predicted molar refractivity (Wildman–Crippen MR) is 78.2 cm³/mol. The van der Waals surface area contributed by atoms with E-state index < -0.39 is 0 Å². The van der Waals surface area contributed by atoms with E-state index in [-0.39, 0.29) is 21.7 Å². The molecule has 0 aromatic rings. The van der Waals surface area contributed by atoms with Crippen LogP contribution >= 0.6 is 0 Å². The van der Waals surface area contributed by atoms with Gasteiger partial charge in [0.25, 0.3) is 0 Å². The SMILES string of the molecule is CC1(C)C=CC2(C=C1)CCC21C=CC(C)(C)C=C1. The Morgan fingerprint density at radius 2 is 0.778 bits per heavy atom. The first kappa shape index (κ1) is 12.0. The van der Waals surface area contributed by atoms with E-state index in [4.69, 9.17) is 0 Å². The quantitative estimate of drug-likeness (QED) is 0.519. The van der Waals surface area contributed by atoms with Crippen LogP contribution in [0.25, 0.3) is 0 Å². The van der Waals surface area contributed by atoms with E-state index in [0.29, 0.717) is 0 Å². The molecule has 96 valence electrons. The third kappa shape index (κ3) is 1.58. The van der Waals surface area contributed by atoms with Crippen LogP contribution in [0.1, 0.15) is 40.5 Å². The van der Waals surface area contributed by atoms with E-state index in [0.717, 1.165) is 0 Å². The Morgan fingerprint density at radius 1 is 0.500 bits per heavy atom. The second-order valence-corrected chi connectivity index (χ2v) is 7.56. The highest BCUT2D eigenvalue weighted by Gasteiger charge is 2.54. The maximum Gasteiger partial charge on any atom is 0.0188 e. The van der Waals surface area contributed by atoms with Crippen LogP contribution < -0.4 is 0 Å². The van der Waals surface area contributed by atoms with Gasteiger partial charge in [0, 0.05) is 21.7 Å². The number of allylic oxidation sites excluding steroid dienone is 8. The van der Waals surface area contributed by atoms with Gasteiger partial charge in [-0.05, 0) is 12.8 Å². The van der Waals surface area contributed by atoms with Gasteiger partial charge in [-0.25, -0.2) is 0 Å². The molecule has 0 unspecified atom stereocenters. The van der Waals surface area contributed by atoms with Crippen molar-refractivity contribution in [3.63, 3.8) is 0 Å². The van der Waals surface area contributed by atoms with Gasteiger partial charge < -0.3 is 0 Å². The zero-order valence-corrected chi connectivity index (χ0v) is 12.0. The van der Waals surface area contributed by atoms with Crippen LogP contribution in [0.3, 0.4) is 0 Å². The van der Waals surface area contributed by atoms with E-state index in [9.17, 15) is 0 Å². The molecule has 0 atom stereocenters. The van der Waals surface area contributed by atoms with Crippen LogP contribution in [0, 0.1) is 21.7 Å². The lowest BCUT2D eigenvalue weighted by atomic mass is 9.46. The normalized spacial score (nSPS) is 31.8. The second kappa shape index (κ2) is 3.29. The third-order valence-electron chi connectivity index (χ3n) is 5.06. The minimum Gasteiger partial charge on any atom is -0.0782 e. The summed E-state index contributed by atoms with van der Waals surface area (Å²) in [5.41, 5.74) is 0.963. The fraction of sp³-hybridized carbons (Fsp3) is 0.556. The summed E-state index contributed by atoms with van der Waals surface area (Å²) in [7, 11) is 0. The van der Waals surface area contributed by atoms with Crippen molar-refractivity contribution < 1.29 is 0 Å². The molecular weight excluding hydrogens is 216 g/mol. The molecule has 0 nitrogen and oxygen atoms in total. The average molecular weight is 240 g/mol. The lowest BCUT2D eigenvalue weighted by Crippen LogP contribution is -2.48. The summed E-state index contributed by atoms with van der Waals surface area (Å²) in [5, 5.41) is 0. The second-order valence-electron chi connectivity index (χ2n) is 7.56. The lowest BCUT2D eigenvalue weighted by Gasteiger charge is -2.57. The van der Waals surface area contributed by atoms with Crippen molar-refractivity contribution in [1.82, 2.24) is 0 Å². The first-order chi connectivity index (χ1) is 8.29. The van der Waals surface area contributed by atoms with Gasteiger partial charge in [0.2, 0.25) is 0 Å². The predicted octanol–water partition coefficient (Wildman–Crippen LogP) is 5.06. The van der Waals surface area contributed by atoms with Crippen molar-refractivity contribution in [3.8, 4) is 0 Å². The van der Waals surface area contributed by atoms with Gasteiger partial charge in [-0.3, -0.25) is 0 Å². The van der Waals surface area contributed by atoms with Gasteiger partial charge in [0.1, 0.15) is 0 Å². The molecule has 0 amide bonds. The van der Waals surface area contributed by atoms with Crippen LogP contribution in [0.4, 0.5) is 0 Å². The summed E-state index contributed by atoms with van der Waals surface area (Å²) in [6.07, 6.45) is 22.0. The first-order valence-corrected chi connectivity index (χ1v) is 7.10. The molecular formula is C18H24. The smallest absolute Gasteiger partial charge is 0.0188 e. The Labute approximate surface area is 111 Å². The maximum atomic E-state index is 2.46. The third-order valence-corrected chi connectivity index (χ3v) is 5.06. The molecule has 3 rings (SSSR count). The Balaban J connectivity index is 1.94. The Bertz CT molecular complexity index is 402. The highest BCUT2D eigenvalue weighted by Crippen LogP contribution is 2.63. The molecule has 1 fully saturated rings. The Kier molecular flexibility index (Phi) is 2.20. The first-order valence-electron chi connectivity index (χ1n) is 7.10. The molecule has 0 aromatic carbocycles. The van der Waals surface area contributed by atoms with Crippen LogP contribution in [0.2, 0.25) is 0 Å². The topological polar surface area (TPSA) is 0 Å². The summed E-state index contributed by atoms with van der Waals surface area (Å²) < 4.78 is 0. The summed E-state index contributed by atoms with van der Waals surface area (Å²) in [6, 6.07) is 0. The van der Waals surface area contributed by atoms with Gasteiger partial charge in [0.05, 0.1) is 0 Å².